The first-order chi connectivity index (χ1) is 30.2. The summed E-state index contributed by atoms with van der Waals surface area (Å²) in [5.74, 6) is 1.79. The Morgan fingerprint density at radius 1 is 0.290 bits per heavy atom. The fourth-order valence-electron chi connectivity index (χ4n) is 11.4. The lowest BCUT2D eigenvalue weighted by molar-refractivity contribution is 0.413. The molecule has 0 N–H and O–H groups in total. The van der Waals surface area contributed by atoms with E-state index in [1.54, 1.807) is 14.2 Å². The number of rotatable bonds is 5. The van der Waals surface area contributed by atoms with Crippen molar-refractivity contribution in [3.05, 3.63) is 192 Å². The number of hydrogen-bond donors (Lipinski definition) is 0. The molecule has 298 valence electrons. The summed E-state index contributed by atoms with van der Waals surface area (Å²) in [5.41, 5.74) is 17.7. The van der Waals surface area contributed by atoms with Gasteiger partial charge >= 0.3 is 0 Å². The summed E-state index contributed by atoms with van der Waals surface area (Å²) in [6.45, 7) is 9.39. The van der Waals surface area contributed by atoms with Gasteiger partial charge in [0.05, 0.1) is 14.2 Å². The van der Waals surface area contributed by atoms with Crippen molar-refractivity contribution in [2.45, 2.75) is 38.5 Å². The summed E-state index contributed by atoms with van der Waals surface area (Å²) in [6, 6.07) is 63.7. The number of methoxy groups -OCH3 is 2. The second-order valence-corrected chi connectivity index (χ2v) is 18.3. The van der Waals surface area contributed by atoms with Gasteiger partial charge in [0, 0.05) is 10.8 Å². The van der Waals surface area contributed by atoms with Gasteiger partial charge in [-0.3, -0.25) is 0 Å². The maximum atomic E-state index is 5.69. The van der Waals surface area contributed by atoms with E-state index in [1.807, 2.05) is 0 Å². The lowest BCUT2D eigenvalue weighted by Gasteiger charge is -2.24. The molecule has 62 heavy (non-hydrogen) atoms. The Morgan fingerprint density at radius 2 is 0.548 bits per heavy atom. The van der Waals surface area contributed by atoms with Crippen LogP contribution in [0.25, 0.3) is 98.7 Å². The van der Waals surface area contributed by atoms with Gasteiger partial charge in [-0.1, -0.05) is 161 Å². The van der Waals surface area contributed by atoms with Crippen LogP contribution in [0.2, 0.25) is 0 Å². The number of ether oxygens (including phenoxy) is 2. The van der Waals surface area contributed by atoms with Crippen molar-refractivity contribution in [2.24, 2.45) is 0 Å². The molecule has 2 aliphatic rings. The third kappa shape index (κ3) is 4.98. The summed E-state index contributed by atoms with van der Waals surface area (Å²) in [4.78, 5) is 0. The third-order valence-corrected chi connectivity index (χ3v) is 14.5. The van der Waals surface area contributed by atoms with Crippen LogP contribution in [0.15, 0.2) is 170 Å². The molecule has 0 unspecified atom stereocenters. The highest BCUT2D eigenvalue weighted by molar-refractivity contribution is 6.30. The molecule has 0 spiro atoms. The molecule has 0 saturated carbocycles. The zero-order chi connectivity index (χ0) is 42.1. The SMILES string of the molecule is COc1ccc2c(c1)C(C)(C)c1cc(-c3c4ccccc4c(-c4c5ccccc5c(-c5ccc6c(c5)C(C)(C)c5cc(OC)ccc5-6)c5ccccc45)c4ccccc34)ccc1-2. The van der Waals surface area contributed by atoms with Crippen molar-refractivity contribution < 1.29 is 9.47 Å². The van der Waals surface area contributed by atoms with Crippen molar-refractivity contribution in [1.29, 1.82) is 0 Å². The third-order valence-electron chi connectivity index (χ3n) is 14.5. The van der Waals surface area contributed by atoms with Crippen LogP contribution in [0.1, 0.15) is 49.9 Å². The maximum Gasteiger partial charge on any atom is 0.119 e. The summed E-state index contributed by atoms with van der Waals surface area (Å²) in [5, 5.41) is 10.0. The monoisotopic (exact) mass is 798 g/mol. The van der Waals surface area contributed by atoms with E-state index in [-0.39, 0.29) is 10.8 Å². The van der Waals surface area contributed by atoms with E-state index in [0.29, 0.717) is 0 Å². The molecule has 12 rings (SSSR count). The van der Waals surface area contributed by atoms with Crippen LogP contribution >= 0.6 is 0 Å². The summed E-state index contributed by atoms with van der Waals surface area (Å²) >= 11 is 0. The first-order valence-corrected chi connectivity index (χ1v) is 21.7. The largest absolute Gasteiger partial charge is 0.497 e. The average Bonchev–Trinajstić information content (AvgIpc) is 3.67. The van der Waals surface area contributed by atoms with Crippen LogP contribution in [-0.4, -0.2) is 14.2 Å². The van der Waals surface area contributed by atoms with Gasteiger partial charge in [0.1, 0.15) is 11.5 Å². The first-order valence-electron chi connectivity index (χ1n) is 21.7. The van der Waals surface area contributed by atoms with Gasteiger partial charge in [-0.2, -0.15) is 0 Å². The van der Waals surface area contributed by atoms with Crippen molar-refractivity contribution in [3.63, 3.8) is 0 Å². The Balaban J connectivity index is 1.11. The quantitative estimate of drug-likeness (QED) is 0.162. The van der Waals surface area contributed by atoms with E-state index >= 15 is 0 Å². The Hall–Kier alpha value is -7.16. The fraction of sp³-hybridized carbons (Fsp3) is 0.133. The van der Waals surface area contributed by atoms with Gasteiger partial charge in [-0.15, -0.1) is 0 Å². The van der Waals surface area contributed by atoms with Crippen LogP contribution in [0.5, 0.6) is 11.5 Å². The molecule has 0 radical (unpaired) electrons. The van der Waals surface area contributed by atoms with Crippen molar-refractivity contribution in [3.8, 4) is 67.1 Å². The molecule has 2 aliphatic carbocycles. The molecule has 0 bridgehead atoms. The summed E-state index contributed by atoms with van der Waals surface area (Å²) in [6.07, 6.45) is 0. The molecule has 0 aliphatic heterocycles. The smallest absolute Gasteiger partial charge is 0.119 e. The Kier molecular flexibility index (Phi) is 7.79. The fourth-order valence-corrected chi connectivity index (χ4v) is 11.4. The molecule has 0 aromatic heterocycles. The Bertz CT molecular complexity index is 3200. The number of hydrogen-bond acceptors (Lipinski definition) is 2. The van der Waals surface area contributed by atoms with E-state index in [4.69, 9.17) is 9.47 Å². The highest BCUT2D eigenvalue weighted by atomic mass is 16.5. The van der Waals surface area contributed by atoms with Crippen molar-refractivity contribution in [1.82, 2.24) is 0 Å². The summed E-state index contributed by atoms with van der Waals surface area (Å²) < 4.78 is 11.4. The second kappa shape index (κ2) is 13.2. The molecule has 0 saturated heterocycles. The van der Waals surface area contributed by atoms with Gasteiger partial charge in [0.15, 0.2) is 0 Å². The Labute approximate surface area is 363 Å². The molecule has 0 heterocycles. The number of fused-ring (bicyclic) bond motifs is 10. The normalized spacial score (nSPS) is 14.2. The molecule has 0 fully saturated rings. The van der Waals surface area contributed by atoms with Gasteiger partial charge < -0.3 is 9.47 Å². The molecule has 2 nitrogen and oxygen atoms in total. The lowest BCUT2D eigenvalue weighted by Crippen LogP contribution is -2.15. The first kappa shape index (κ1) is 36.7. The minimum absolute atomic E-state index is 0.174. The van der Waals surface area contributed by atoms with E-state index in [9.17, 15) is 0 Å². The lowest BCUT2D eigenvalue weighted by atomic mass is 9.78. The molecule has 10 aromatic rings. The van der Waals surface area contributed by atoms with Crippen LogP contribution in [0.4, 0.5) is 0 Å². The van der Waals surface area contributed by atoms with Crippen LogP contribution < -0.4 is 9.47 Å². The minimum Gasteiger partial charge on any atom is -0.497 e. The molecular weight excluding hydrogens is 753 g/mol. The number of benzene rings is 10. The van der Waals surface area contributed by atoms with Gasteiger partial charge in [0.25, 0.3) is 0 Å². The topological polar surface area (TPSA) is 18.5 Å². The molecule has 0 atom stereocenters. The average molecular weight is 799 g/mol. The molecule has 0 amide bonds. The van der Waals surface area contributed by atoms with Crippen LogP contribution in [-0.2, 0) is 10.8 Å². The highest BCUT2D eigenvalue weighted by Crippen LogP contribution is 2.55. The highest BCUT2D eigenvalue weighted by Gasteiger charge is 2.38. The van der Waals surface area contributed by atoms with E-state index in [0.717, 1.165) is 11.5 Å². The summed E-state index contributed by atoms with van der Waals surface area (Å²) in [7, 11) is 3.50. The standard InChI is InChI=1S/C60H46O2/c1-59(2)51-31-35(23-27-39(51)41-29-25-37(61-5)33-53(41)59)55-43-15-7-11-19-47(43)57(48-20-12-8-16-44(48)55)58-49-21-13-9-17-45(49)56(46-18-10-14-22-50(46)58)36-24-28-40-42-30-26-38(62-6)34-54(42)60(3,4)52(40)32-36/h7-34H,1-6H3. The predicted molar refractivity (Wildman–Crippen MR) is 261 cm³/mol. The second-order valence-electron chi connectivity index (χ2n) is 18.3. The zero-order valence-electron chi connectivity index (χ0n) is 36.0. The minimum atomic E-state index is -0.174. The van der Waals surface area contributed by atoms with E-state index in [1.165, 1.54) is 121 Å². The predicted octanol–water partition coefficient (Wildman–Crippen LogP) is 15.9. The molecule has 10 aromatic carbocycles. The maximum absolute atomic E-state index is 5.69. The van der Waals surface area contributed by atoms with Gasteiger partial charge in [0.2, 0.25) is 0 Å². The van der Waals surface area contributed by atoms with Crippen molar-refractivity contribution in [2.75, 3.05) is 14.2 Å². The van der Waals surface area contributed by atoms with E-state index in [2.05, 4.69) is 198 Å². The van der Waals surface area contributed by atoms with Gasteiger partial charge in [-0.05, 0) is 157 Å². The van der Waals surface area contributed by atoms with Crippen molar-refractivity contribution >= 4 is 43.1 Å². The van der Waals surface area contributed by atoms with Gasteiger partial charge in [-0.25, -0.2) is 0 Å². The zero-order valence-corrected chi connectivity index (χ0v) is 36.0. The van der Waals surface area contributed by atoms with E-state index < -0.39 is 0 Å². The molecular formula is C60H46O2. The van der Waals surface area contributed by atoms with Crippen LogP contribution in [0, 0.1) is 0 Å². The molecule has 2 heteroatoms. The van der Waals surface area contributed by atoms with Crippen LogP contribution in [0.3, 0.4) is 0 Å². The Morgan fingerprint density at radius 3 is 0.839 bits per heavy atom.